The maximum Gasteiger partial charge on any atom is 0.224 e. The van der Waals surface area contributed by atoms with Gasteiger partial charge < -0.3 is 16.4 Å². The first-order valence-corrected chi connectivity index (χ1v) is 7.01. The van der Waals surface area contributed by atoms with Crippen molar-refractivity contribution in [2.75, 3.05) is 25.0 Å². The molecule has 1 amide bonds. The number of hydrogen-bond donors (Lipinski definition) is 3. The third kappa shape index (κ3) is 4.04. The molecule has 19 heavy (non-hydrogen) atoms. The highest BCUT2D eigenvalue weighted by atomic mass is 16.1. The summed E-state index contributed by atoms with van der Waals surface area (Å²) in [5.41, 5.74) is 9.13. The number of rotatable bonds is 6. The fourth-order valence-electron chi connectivity index (χ4n) is 2.26. The molecule has 1 unspecified atom stereocenters. The average Bonchev–Trinajstić information content (AvgIpc) is 2.43. The molecule has 0 spiro atoms. The Morgan fingerprint density at radius 2 is 2.26 bits per heavy atom. The lowest BCUT2D eigenvalue weighted by molar-refractivity contribution is -0.116. The molecule has 4 N–H and O–H groups in total. The Hall–Kier alpha value is -1.39. The van der Waals surface area contributed by atoms with E-state index in [9.17, 15) is 4.79 Å². The molecule has 0 saturated carbocycles. The topological polar surface area (TPSA) is 67.1 Å². The van der Waals surface area contributed by atoms with Gasteiger partial charge in [0.05, 0.1) is 0 Å². The van der Waals surface area contributed by atoms with Crippen molar-refractivity contribution < 1.29 is 4.79 Å². The molecule has 0 bridgehead atoms. The lowest BCUT2D eigenvalue weighted by atomic mass is 9.99. The summed E-state index contributed by atoms with van der Waals surface area (Å²) in [5.74, 6) is 0.649. The summed E-state index contributed by atoms with van der Waals surface area (Å²) in [6, 6.07) is 6.32. The molecule has 1 aromatic carbocycles. The predicted molar refractivity (Wildman–Crippen MR) is 78.2 cm³/mol. The highest BCUT2D eigenvalue weighted by Gasteiger charge is 2.14. The fraction of sp³-hybridized carbons (Fsp3) is 0.533. The zero-order valence-corrected chi connectivity index (χ0v) is 11.5. The van der Waals surface area contributed by atoms with Crippen molar-refractivity contribution >= 4 is 11.6 Å². The lowest BCUT2D eigenvalue weighted by Gasteiger charge is -2.17. The second-order valence-electron chi connectivity index (χ2n) is 5.33. The summed E-state index contributed by atoms with van der Waals surface area (Å²) in [6.45, 7) is 4.81. The van der Waals surface area contributed by atoms with Crippen LogP contribution < -0.4 is 16.4 Å². The number of benzene rings is 1. The summed E-state index contributed by atoms with van der Waals surface area (Å²) in [4.78, 5) is 11.3. The van der Waals surface area contributed by atoms with Gasteiger partial charge in [-0.15, -0.1) is 0 Å². The molecule has 0 radical (unpaired) electrons. The minimum Gasteiger partial charge on any atom is -0.330 e. The van der Waals surface area contributed by atoms with Crippen molar-refractivity contribution in [3.8, 4) is 0 Å². The second kappa shape index (κ2) is 6.68. The number of anilines is 1. The molecule has 1 aliphatic heterocycles. The quantitative estimate of drug-likeness (QED) is 0.676. The van der Waals surface area contributed by atoms with E-state index in [-0.39, 0.29) is 5.91 Å². The van der Waals surface area contributed by atoms with Crippen molar-refractivity contribution in [2.24, 2.45) is 11.7 Å². The number of amides is 1. The molecule has 4 nitrogen and oxygen atoms in total. The van der Waals surface area contributed by atoms with Crippen molar-refractivity contribution in [3.05, 3.63) is 29.3 Å². The van der Waals surface area contributed by atoms with Gasteiger partial charge in [0, 0.05) is 12.1 Å². The largest absolute Gasteiger partial charge is 0.330 e. The summed E-state index contributed by atoms with van der Waals surface area (Å²) < 4.78 is 0. The van der Waals surface area contributed by atoms with E-state index < -0.39 is 0 Å². The molecular formula is C15H23N3O. The Kier molecular flexibility index (Phi) is 4.93. The van der Waals surface area contributed by atoms with Crippen LogP contribution in [0.1, 0.15) is 24.5 Å². The standard InChI is InChI=1S/C15H23N3O/c1-11(9-16)10-17-7-6-12-2-4-14-13(8-12)3-5-15(19)18-14/h2,4,8,11,17H,3,5-7,9-10,16H2,1H3,(H,18,19). The van der Waals surface area contributed by atoms with E-state index in [1.165, 1.54) is 11.1 Å². The Bertz CT molecular complexity index is 445. The monoisotopic (exact) mass is 261 g/mol. The summed E-state index contributed by atoms with van der Waals surface area (Å²) in [5, 5.41) is 6.33. The smallest absolute Gasteiger partial charge is 0.224 e. The van der Waals surface area contributed by atoms with Crippen LogP contribution in [-0.2, 0) is 17.6 Å². The van der Waals surface area contributed by atoms with Crippen LogP contribution in [0, 0.1) is 5.92 Å². The lowest BCUT2D eigenvalue weighted by Crippen LogP contribution is -2.27. The molecule has 104 valence electrons. The highest BCUT2D eigenvalue weighted by Crippen LogP contribution is 2.23. The SMILES string of the molecule is CC(CN)CNCCc1ccc2c(c1)CCC(=O)N2. The van der Waals surface area contributed by atoms with Crippen molar-refractivity contribution in [2.45, 2.75) is 26.2 Å². The molecule has 1 heterocycles. The van der Waals surface area contributed by atoms with Gasteiger partial charge in [0.2, 0.25) is 5.91 Å². The van der Waals surface area contributed by atoms with Crippen LogP contribution in [-0.4, -0.2) is 25.5 Å². The van der Waals surface area contributed by atoms with Crippen LogP contribution >= 0.6 is 0 Å². The molecule has 0 saturated heterocycles. The van der Waals surface area contributed by atoms with Crippen LogP contribution in [0.4, 0.5) is 5.69 Å². The van der Waals surface area contributed by atoms with Gasteiger partial charge in [0.25, 0.3) is 0 Å². The number of carbonyl (C=O) groups excluding carboxylic acids is 1. The summed E-state index contributed by atoms with van der Waals surface area (Å²) in [6.07, 6.45) is 2.47. The molecule has 0 aromatic heterocycles. The van der Waals surface area contributed by atoms with Gasteiger partial charge in [-0.25, -0.2) is 0 Å². The molecule has 1 atom stereocenters. The average molecular weight is 261 g/mol. The van der Waals surface area contributed by atoms with Crippen LogP contribution in [0.25, 0.3) is 0 Å². The predicted octanol–water partition coefficient (Wildman–Crippen LogP) is 1.30. The normalized spacial score (nSPS) is 15.8. The van der Waals surface area contributed by atoms with Crippen LogP contribution in [0.5, 0.6) is 0 Å². The van der Waals surface area contributed by atoms with Gasteiger partial charge in [0.15, 0.2) is 0 Å². The Morgan fingerprint density at radius 3 is 3.05 bits per heavy atom. The fourth-order valence-corrected chi connectivity index (χ4v) is 2.26. The van der Waals surface area contributed by atoms with E-state index in [1.807, 2.05) is 6.07 Å². The Morgan fingerprint density at radius 1 is 1.42 bits per heavy atom. The molecule has 1 aliphatic rings. The second-order valence-corrected chi connectivity index (χ2v) is 5.33. The first-order valence-electron chi connectivity index (χ1n) is 7.01. The van der Waals surface area contributed by atoms with E-state index >= 15 is 0 Å². The first-order chi connectivity index (χ1) is 9.19. The van der Waals surface area contributed by atoms with E-state index in [0.29, 0.717) is 12.3 Å². The third-order valence-electron chi connectivity index (χ3n) is 3.55. The Labute approximate surface area is 114 Å². The van der Waals surface area contributed by atoms with Crippen LogP contribution in [0.15, 0.2) is 18.2 Å². The van der Waals surface area contributed by atoms with Gasteiger partial charge in [-0.05, 0) is 55.6 Å². The first kappa shape index (κ1) is 14.0. The number of aryl methyl sites for hydroxylation is 1. The summed E-state index contributed by atoms with van der Waals surface area (Å²) in [7, 11) is 0. The Balaban J connectivity index is 1.83. The molecule has 0 fully saturated rings. The maximum atomic E-state index is 11.3. The zero-order valence-electron chi connectivity index (χ0n) is 11.5. The van der Waals surface area contributed by atoms with Gasteiger partial charge in [0.1, 0.15) is 0 Å². The number of nitrogens with one attached hydrogen (secondary N) is 2. The number of hydrogen-bond acceptors (Lipinski definition) is 3. The molecule has 4 heteroatoms. The highest BCUT2D eigenvalue weighted by molar-refractivity contribution is 5.93. The maximum absolute atomic E-state index is 11.3. The van der Waals surface area contributed by atoms with Crippen molar-refractivity contribution in [1.29, 1.82) is 0 Å². The zero-order chi connectivity index (χ0) is 13.7. The van der Waals surface area contributed by atoms with Gasteiger partial charge in [-0.1, -0.05) is 19.1 Å². The van der Waals surface area contributed by atoms with E-state index in [4.69, 9.17) is 5.73 Å². The number of carbonyl (C=O) groups is 1. The van der Waals surface area contributed by atoms with Crippen molar-refractivity contribution in [3.63, 3.8) is 0 Å². The van der Waals surface area contributed by atoms with Crippen molar-refractivity contribution in [1.82, 2.24) is 5.32 Å². The van der Waals surface area contributed by atoms with E-state index in [2.05, 4.69) is 29.7 Å². The minimum absolute atomic E-state index is 0.123. The van der Waals surface area contributed by atoms with Crippen LogP contribution in [0.3, 0.4) is 0 Å². The third-order valence-corrected chi connectivity index (χ3v) is 3.55. The molecule has 1 aromatic rings. The van der Waals surface area contributed by atoms with Gasteiger partial charge in [-0.3, -0.25) is 4.79 Å². The summed E-state index contributed by atoms with van der Waals surface area (Å²) >= 11 is 0. The number of nitrogens with two attached hydrogens (primary N) is 1. The van der Waals surface area contributed by atoms with Gasteiger partial charge in [-0.2, -0.15) is 0 Å². The minimum atomic E-state index is 0.123. The van der Waals surface area contributed by atoms with E-state index in [1.54, 1.807) is 0 Å². The molecule has 0 aliphatic carbocycles. The molecule has 2 rings (SSSR count). The van der Waals surface area contributed by atoms with Crippen LogP contribution in [0.2, 0.25) is 0 Å². The molecular weight excluding hydrogens is 238 g/mol. The van der Waals surface area contributed by atoms with Gasteiger partial charge >= 0.3 is 0 Å². The van der Waals surface area contributed by atoms with E-state index in [0.717, 1.165) is 38.2 Å². The number of fused-ring (bicyclic) bond motifs is 1.